The standard InChI is InChI=1S/2C21H24O3Si3/c2*1-25(19-13-7-4-8-14-19)22-26(2,20-15-9-5-10-16-20)24-27(3,23-25)21-17-11-6-12-18-21/h2*4-18H,1-3H3. The third-order valence-electron chi connectivity index (χ3n) is 10.1. The van der Waals surface area contributed by atoms with E-state index in [-0.39, 0.29) is 0 Å². The van der Waals surface area contributed by atoms with Crippen LogP contribution in [0.5, 0.6) is 0 Å². The average Bonchev–Trinajstić information content (AvgIpc) is 3.19. The third-order valence-corrected chi connectivity index (χ3v) is 37.1. The van der Waals surface area contributed by atoms with Crippen LogP contribution in [0.2, 0.25) is 39.3 Å². The SMILES string of the molecule is C[Si]1(c2ccccc2)O[Si](C)(c2ccccc2)O[Si](C)(c2ccccc2)O1.C[Si]1(c2ccccc2)O[Si](C)(c2ccccc2)O[Si](C)(c2ccccc2)O1. The van der Waals surface area contributed by atoms with Crippen LogP contribution >= 0.6 is 0 Å². The van der Waals surface area contributed by atoms with E-state index >= 15 is 0 Å². The van der Waals surface area contributed by atoms with E-state index in [1.54, 1.807) is 0 Å². The molecular formula is C42H48O6Si6. The molecule has 0 aliphatic carbocycles. The summed E-state index contributed by atoms with van der Waals surface area (Å²) in [6.45, 7) is 13.0. The van der Waals surface area contributed by atoms with Crippen LogP contribution in [0.3, 0.4) is 0 Å². The first-order valence-electron chi connectivity index (χ1n) is 18.4. The summed E-state index contributed by atoms with van der Waals surface area (Å²) in [5.74, 6) is 0. The van der Waals surface area contributed by atoms with Crippen molar-refractivity contribution in [3.8, 4) is 0 Å². The van der Waals surface area contributed by atoms with Gasteiger partial charge in [-0.25, -0.2) is 0 Å². The van der Waals surface area contributed by atoms with Gasteiger partial charge in [-0.3, -0.25) is 0 Å². The molecular weight excluding hydrogens is 769 g/mol. The number of benzene rings is 6. The van der Waals surface area contributed by atoms with E-state index in [0.717, 1.165) is 31.1 Å². The van der Waals surface area contributed by atoms with E-state index in [9.17, 15) is 0 Å². The molecule has 2 saturated heterocycles. The lowest BCUT2D eigenvalue weighted by Gasteiger charge is -2.50. The average molecular weight is 817 g/mol. The number of rotatable bonds is 6. The minimum absolute atomic E-state index is 1.15. The largest absolute Gasteiger partial charge is 0.409 e. The van der Waals surface area contributed by atoms with Gasteiger partial charge < -0.3 is 24.7 Å². The van der Waals surface area contributed by atoms with E-state index in [1.807, 2.05) is 36.4 Å². The highest BCUT2D eigenvalue weighted by atomic mass is 28.5. The molecule has 54 heavy (non-hydrogen) atoms. The summed E-state index contributed by atoms with van der Waals surface area (Å²) in [6.07, 6.45) is 0. The van der Waals surface area contributed by atoms with Crippen molar-refractivity contribution < 1.29 is 24.7 Å². The Labute approximate surface area is 326 Å². The zero-order valence-electron chi connectivity index (χ0n) is 31.8. The molecule has 0 bridgehead atoms. The van der Waals surface area contributed by atoms with Crippen molar-refractivity contribution in [2.45, 2.75) is 39.3 Å². The van der Waals surface area contributed by atoms with Gasteiger partial charge in [0.25, 0.3) is 0 Å². The van der Waals surface area contributed by atoms with Gasteiger partial charge in [0, 0.05) is 0 Å². The van der Waals surface area contributed by atoms with Crippen LogP contribution in [0.1, 0.15) is 0 Å². The zero-order valence-corrected chi connectivity index (χ0v) is 37.8. The third kappa shape index (κ3) is 8.02. The maximum absolute atomic E-state index is 6.82. The minimum atomic E-state index is -2.65. The molecule has 8 rings (SSSR count). The van der Waals surface area contributed by atoms with Crippen LogP contribution < -0.4 is 31.1 Å². The highest BCUT2D eigenvalue weighted by Gasteiger charge is 2.60. The molecule has 6 nitrogen and oxygen atoms in total. The Hall–Kier alpha value is -3.62. The van der Waals surface area contributed by atoms with Crippen molar-refractivity contribution in [2.24, 2.45) is 0 Å². The van der Waals surface area contributed by atoms with Crippen molar-refractivity contribution in [3.63, 3.8) is 0 Å². The second-order valence-electron chi connectivity index (χ2n) is 14.5. The molecule has 6 aromatic rings. The van der Waals surface area contributed by atoms with Crippen LogP contribution in [0, 0.1) is 0 Å². The highest BCUT2D eigenvalue weighted by molar-refractivity contribution is 7.06. The van der Waals surface area contributed by atoms with Gasteiger partial charge in [-0.15, -0.1) is 0 Å². The van der Waals surface area contributed by atoms with E-state index in [2.05, 4.69) is 185 Å². The van der Waals surface area contributed by atoms with Crippen molar-refractivity contribution >= 4 is 82.5 Å². The first kappa shape index (κ1) is 38.6. The Morgan fingerprint density at radius 1 is 0.204 bits per heavy atom. The van der Waals surface area contributed by atoms with E-state index < -0.39 is 51.4 Å². The van der Waals surface area contributed by atoms with Gasteiger partial charge in [-0.05, 0) is 70.4 Å². The summed E-state index contributed by atoms with van der Waals surface area (Å²) < 4.78 is 40.9. The molecule has 0 amide bonds. The fraction of sp³-hybridized carbons (Fsp3) is 0.143. The molecule has 0 unspecified atom stereocenters. The van der Waals surface area contributed by atoms with Crippen molar-refractivity contribution in [1.29, 1.82) is 0 Å². The van der Waals surface area contributed by atoms with Crippen molar-refractivity contribution in [2.75, 3.05) is 0 Å². The predicted octanol–water partition coefficient (Wildman–Crippen LogP) is 5.97. The van der Waals surface area contributed by atoms with Gasteiger partial charge >= 0.3 is 51.4 Å². The molecule has 2 heterocycles. The highest BCUT2D eigenvalue weighted by Crippen LogP contribution is 2.32. The zero-order chi connectivity index (χ0) is 37.9. The Bertz CT molecular complexity index is 1710. The van der Waals surface area contributed by atoms with Gasteiger partial charge in [-0.1, -0.05) is 182 Å². The van der Waals surface area contributed by atoms with Crippen molar-refractivity contribution in [3.05, 3.63) is 182 Å². The molecule has 0 saturated carbocycles. The molecule has 0 radical (unpaired) electrons. The van der Waals surface area contributed by atoms with Crippen LogP contribution in [-0.2, 0) is 24.7 Å². The Balaban J connectivity index is 0.000000167. The molecule has 0 spiro atoms. The summed E-state index contributed by atoms with van der Waals surface area (Å²) in [7, 11) is -15.9. The first-order valence-corrected chi connectivity index (χ1v) is 32.3. The maximum atomic E-state index is 6.82. The van der Waals surface area contributed by atoms with Crippen LogP contribution in [0.25, 0.3) is 0 Å². The summed E-state index contributed by atoms with van der Waals surface area (Å²) in [5.41, 5.74) is 0. The summed E-state index contributed by atoms with van der Waals surface area (Å²) in [6, 6.07) is 62.3. The predicted molar refractivity (Wildman–Crippen MR) is 233 cm³/mol. The smallest absolute Gasteiger partial charge is 0.352 e. The Morgan fingerprint density at radius 2 is 0.315 bits per heavy atom. The molecule has 276 valence electrons. The molecule has 0 atom stereocenters. The summed E-state index contributed by atoms with van der Waals surface area (Å²) in [5, 5.41) is 6.90. The fourth-order valence-corrected chi connectivity index (χ4v) is 39.0. The number of hydrogen-bond donors (Lipinski definition) is 0. The maximum Gasteiger partial charge on any atom is 0.352 e. The lowest BCUT2D eigenvalue weighted by Crippen LogP contribution is -2.77. The van der Waals surface area contributed by atoms with Crippen molar-refractivity contribution in [1.82, 2.24) is 0 Å². The monoisotopic (exact) mass is 816 g/mol. The molecule has 6 aromatic carbocycles. The van der Waals surface area contributed by atoms with Crippen LogP contribution in [-0.4, -0.2) is 51.4 Å². The van der Waals surface area contributed by atoms with E-state index in [1.165, 1.54) is 0 Å². The summed E-state index contributed by atoms with van der Waals surface area (Å²) >= 11 is 0. The minimum Gasteiger partial charge on any atom is -0.409 e. The lowest BCUT2D eigenvalue weighted by atomic mass is 10.4. The van der Waals surface area contributed by atoms with Gasteiger partial charge in [0.1, 0.15) is 0 Å². The molecule has 2 aliphatic rings. The van der Waals surface area contributed by atoms with Crippen LogP contribution in [0.15, 0.2) is 182 Å². The van der Waals surface area contributed by atoms with Gasteiger partial charge in [0.05, 0.1) is 0 Å². The molecule has 2 fully saturated rings. The molecule has 0 aromatic heterocycles. The fourth-order valence-electron chi connectivity index (χ4n) is 7.51. The molecule has 0 N–H and O–H groups in total. The second kappa shape index (κ2) is 15.5. The van der Waals surface area contributed by atoms with E-state index in [4.69, 9.17) is 24.7 Å². The second-order valence-corrected chi connectivity index (χ2v) is 34.2. The lowest BCUT2D eigenvalue weighted by molar-refractivity contribution is 0.251. The Morgan fingerprint density at radius 3 is 0.426 bits per heavy atom. The summed E-state index contributed by atoms with van der Waals surface area (Å²) in [4.78, 5) is 0. The van der Waals surface area contributed by atoms with Gasteiger partial charge in [-0.2, -0.15) is 0 Å². The molecule has 12 heteroatoms. The van der Waals surface area contributed by atoms with E-state index in [0.29, 0.717) is 0 Å². The molecule has 2 aliphatic heterocycles. The van der Waals surface area contributed by atoms with Gasteiger partial charge in [0.2, 0.25) is 0 Å². The van der Waals surface area contributed by atoms with Crippen LogP contribution in [0.4, 0.5) is 0 Å². The topological polar surface area (TPSA) is 55.4 Å². The quantitative estimate of drug-likeness (QED) is 0.193. The number of hydrogen-bond acceptors (Lipinski definition) is 6. The Kier molecular flexibility index (Phi) is 11.1. The first-order chi connectivity index (χ1) is 25.9. The van der Waals surface area contributed by atoms with Gasteiger partial charge in [0.15, 0.2) is 0 Å². The normalized spacial score (nSPS) is 30.8.